The van der Waals surface area contributed by atoms with Crippen LogP contribution in [0.2, 0.25) is 0 Å². The van der Waals surface area contributed by atoms with Gasteiger partial charge >= 0.3 is 0 Å². The highest BCUT2D eigenvalue weighted by atomic mass is 32.1. The maximum absolute atomic E-state index is 5.21. The lowest BCUT2D eigenvalue weighted by atomic mass is 9.81. The molecule has 17 heavy (non-hydrogen) atoms. The van der Waals surface area contributed by atoms with Crippen LogP contribution in [-0.4, -0.2) is 43.5 Å². The van der Waals surface area contributed by atoms with Gasteiger partial charge < -0.3 is 4.74 Å². The predicted molar refractivity (Wildman–Crippen MR) is 80.0 cm³/mol. The summed E-state index contributed by atoms with van der Waals surface area (Å²) in [6.45, 7) is 14.4. The van der Waals surface area contributed by atoms with Crippen molar-refractivity contribution in [3.05, 3.63) is 0 Å². The van der Waals surface area contributed by atoms with Crippen LogP contribution in [0, 0.1) is 11.3 Å². The summed E-state index contributed by atoms with van der Waals surface area (Å²) < 4.78 is 5.21. The summed E-state index contributed by atoms with van der Waals surface area (Å²) in [5, 5.41) is 0. The molecule has 3 heteroatoms. The van der Waals surface area contributed by atoms with E-state index >= 15 is 0 Å². The Morgan fingerprint density at radius 3 is 2.24 bits per heavy atom. The Balaban J connectivity index is 4.48. The van der Waals surface area contributed by atoms with E-state index in [1.807, 2.05) is 0 Å². The molecule has 0 saturated carbocycles. The smallest absolute Gasteiger partial charge is 0.0589 e. The molecule has 2 unspecified atom stereocenters. The van der Waals surface area contributed by atoms with E-state index in [2.05, 4.69) is 52.1 Å². The number of hydrogen-bond donors (Lipinski definition) is 1. The molecular formula is C14H31NOS. The molecular weight excluding hydrogens is 230 g/mol. The minimum atomic E-state index is 0.320. The van der Waals surface area contributed by atoms with Gasteiger partial charge in [-0.05, 0) is 30.4 Å². The van der Waals surface area contributed by atoms with Gasteiger partial charge in [0.25, 0.3) is 0 Å². The SMILES string of the molecule is CCC(C)N(CCOC)CC(CS)C(C)(C)C. The molecule has 0 aromatic carbocycles. The zero-order valence-electron chi connectivity index (χ0n) is 12.5. The van der Waals surface area contributed by atoms with Gasteiger partial charge in [0.2, 0.25) is 0 Å². The van der Waals surface area contributed by atoms with Gasteiger partial charge in [0.15, 0.2) is 0 Å². The van der Waals surface area contributed by atoms with Crippen LogP contribution in [0.25, 0.3) is 0 Å². The minimum absolute atomic E-state index is 0.320. The Hall–Kier alpha value is 0.270. The lowest BCUT2D eigenvalue weighted by Gasteiger charge is -2.37. The summed E-state index contributed by atoms with van der Waals surface area (Å²) in [7, 11) is 1.77. The summed E-state index contributed by atoms with van der Waals surface area (Å²) >= 11 is 4.51. The Morgan fingerprint density at radius 1 is 1.29 bits per heavy atom. The van der Waals surface area contributed by atoms with Gasteiger partial charge in [-0.2, -0.15) is 12.6 Å². The largest absolute Gasteiger partial charge is 0.383 e. The number of hydrogen-bond acceptors (Lipinski definition) is 3. The first-order valence-corrected chi connectivity index (χ1v) is 7.33. The van der Waals surface area contributed by atoms with E-state index in [0.717, 1.165) is 25.4 Å². The molecule has 2 nitrogen and oxygen atoms in total. The first-order valence-electron chi connectivity index (χ1n) is 6.70. The molecule has 0 aliphatic heterocycles. The van der Waals surface area contributed by atoms with Crippen LogP contribution in [0.3, 0.4) is 0 Å². The van der Waals surface area contributed by atoms with Crippen molar-refractivity contribution in [3.8, 4) is 0 Å². The second-order valence-corrected chi connectivity index (χ2v) is 6.36. The molecule has 0 heterocycles. The number of rotatable bonds is 8. The van der Waals surface area contributed by atoms with Crippen LogP contribution in [0.5, 0.6) is 0 Å². The van der Waals surface area contributed by atoms with Crippen LogP contribution >= 0.6 is 12.6 Å². The lowest BCUT2D eigenvalue weighted by Crippen LogP contribution is -2.42. The van der Waals surface area contributed by atoms with Crippen LogP contribution in [0.4, 0.5) is 0 Å². The fraction of sp³-hybridized carbons (Fsp3) is 1.00. The third kappa shape index (κ3) is 6.68. The first kappa shape index (κ1) is 17.3. The van der Waals surface area contributed by atoms with Crippen molar-refractivity contribution in [1.82, 2.24) is 4.90 Å². The molecule has 0 radical (unpaired) electrons. The number of nitrogens with zero attached hydrogens (tertiary/aromatic N) is 1. The highest BCUT2D eigenvalue weighted by molar-refractivity contribution is 7.80. The average Bonchev–Trinajstić information content (AvgIpc) is 2.26. The van der Waals surface area contributed by atoms with Crippen molar-refractivity contribution < 1.29 is 4.74 Å². The van der Waals surface area contributed by atoms with E-state index in [1.54, 1.807) is 7.11 Å². The van der Waals surface area contributed by atoms with Crippen LogP contribution in [0.15, 0.2) is 0 Å². The van der Waals surface area contributed by atoms with E-state index in [9.17, 15) is 0 Å². The predicted octanol–water partition coefficient (Wildman–Crippen LogP) is 3.33. The Labute approximate surface area is 114 Å². The second kappa shape index (κ2) is 8.39. The number of methoxy groups -OCH3 is 1. The molecule has 0 amide bonds. The molecule has 0 aliphatic rings. The fourth-order valence-corrected chi connectivity index (χ4v) is 2.51. The van der Waals surface area contributed by atoms with Crippen molar-refractivity contribution in [2.45, 2.75) is 47.1 Å². The highest BCUT2D eigenvalue weighted by Crippen LogP contribution is 2.28. The molecule has 2 atom stereocenters. The quantitative estimate of drug-likeness (QED) is 0.673. The lowest BCUT2D eigenvalue weighted by molar-refractivity contribution is 0.0902. The van der Waals surface area contributed by atoms with E-state index in [0.29, 0.717) is 17.4 Å². The fourth-order valence-electron chi connectivity index (χ4n) is 1.85. The zero-order valence-corrected chi connectivity index (χ0v) is 13.4. The van der Waals surface area contributed by atoms with E-state index < -0.39 is 0 Å². The third-order valence-corrected chi connectivity index (χ3v) is 4.14. The molecule has 0 spiro atoms. The summed E-state index contributed by atoms with van der Waals surface area (Å²) in [6, 6.07) is 0.620. The number of ether oxygens (including phenoxy) is 1. The molecule has 0 aromatic heterocycles. The molecule has 0 fully saturated rings. The highest BCUT2D eigenvalue weighted by Gasteiger charge is 2.26. The summed E-state index contributed by atoms with van der Waals surface area (Å²) in [5.41, 5.74) is 0.320. The van der Waals surface area contributed by atoms with Crippen molar-refractivity contribution in [2.24, 2.45) is 11.3 Å². The van der Waals surface area contributed by atoms with Gasteiger partial charge in [-0.25, -0.2) is 0 Å². The monoisotopic (exact) mass is 261 g/mol. The van der Waals surface area contributed by atoms with Crippen molar-refractivity contribution in [2.75, 3.05) is 32.6 Å². The summed E-state index contributed by atoms with van der Waals surface area (Å²) in [6.07, 6.45) is 1.19. The molecule has 0 bridgehead atoms. The van der Waals surface area contributed by atoms with Crippen LogP contribution in [-0.2, 0) is 4.74 Å². The minimum Gasteiger partial charge on any atom is -0.383 e. The first-order chi connectivity index (χ1) is 7.86. The second-order valence-electron chi connectivity index (χ2n) is 5.99. The van der Waals surface area contributed by atoms with Crippen LogP contribution < -0.4 is 0 Å². The molecule has 0 rings (SSSR count). The number of thiol groups is 1. The van der Waals surface area contributed by atoms with E-state index in [1.165, 1.54) is 6.42 Å². The van der Waals surface area contributed by atoms with Gasteiger partial charge in [-0.15, -0.1) is 0 Å². The third-order valence-electron chi connectivity index (χ3n) is 3.70. The van der Waals surface area contributed by atoms with Crippen molar-refractivity contribution in [3.63, 3.8) is 0 Å². The Kier molecular flexibility index (Phi) is 8.52. The van der Waals surface area contributed by atoms with Gasteiger partial charge in [-0.3, -0.25) is 4.90 Å². The van der Waals surface area contributed by atoms with E-state index in [4.69, 9.17) is 4.74 Å². The molecule has 0 aromatic rings. The van der Waals surface area contributed by atoms with Gasteiger partial charge in [-0.1, -0.05) is 27.7 Å². The van der Waals surface area contributed by atoms with Gasteiger partial charge in [0, 0.05) is 26.2 Å². The summed E-state index contributed by atoms with van der Waals surface area (Å²) in [5.74, 6) is 1.57. The Bertz CT molecular complexity index is 191. The molecule has 0 N–H and O–H groups in total. The summed E-state index contributed by atoms with van der Waals surface area (Å²) in [4.78, 5) is 2.54. The van der Waals surface area contributed by atoms with E-state index in [-0.39, 0.29) is 0 Å². The normalized spacial score (nSPS) is 16.2. The van der Waals surface area contributed by atoms with Crippen molar-refractivity contribution >= 4 is 12.6 Å². The zero-order chi connectivity index (χ0) is 13.5. The maximum Gasteiger partial charge on any atom is 0.0589 e. The topological polar surface area (TPSA) is 12.5 Å². The van der Waals surface area contributed by atoms with Crippen molar-refractivity contribution in [1.29, 1.82) is 0 Å². The molecule has 0 saturated heterocycles. The van der Waals surface area contributed by atoms with Crippen LogP contribution in [0.1, 0.15) is 41.0 Å². The Morgan fingerprint density at radius 2 is 1.88 bits per heavy atom. The molecule has 0 aliphatic carbocycles. The molecule has 104 valence electrons. The standard InChI is InChI=1S/C14H31NOS/c1-7-12(2)15(8-9-16-6)10-13(11-17)14(3,4)5/h12-13,17H,7-11H2,1-6H3. The van der Waals surface area contributed by atoms with Gasteiger partial charge in [0.05, 0.1) is 6.61 Å². The average molecular weight is 261 g/mol. The maximum atomic E-state index is 5.21. The van der Waals surface area contributed by atoms with Gasteiger partial charge in [0.1, 0.15) is 0 Å².